The van der Waals surface area contributed by atoms with E-state index in [2.05, 4.69) is 4.98 Å². The Hall–Kier alpha value is -1.52. The van der Waals surface area contributed by atoms with Gasteiger partial charge in [-0.2, -0.15) is 0 Å². The third-order valence-corrected chi connectivity index (χ3v) is 3.52. The van der Waals surface area contributed by atoms with E-state index < -0.39 is 0 Å². The van der Waals surface area contributed by atoms with Gasteiger partial charge >= 0.3 is 0 Å². The lowest BCUT2D eigenvalue weighted by atomic mass is 10.0. The summed E-state index contributed by atoms with van der Waals surface area (Å²) >= 11 is 6.35. The SMILES string of the molecule is COc1ccc(Cl)c2c(N(C)C)c(CN)c(C)nc12. The molecule has 0 fully saturated rings. The topological polar surface area (TPSA) is 51.4 Å². The minimum Gasteiger partial charge on any atom is -0.494 e. The van der Waals surface area contributed by atoms with Crippen LogP contribution in [0.25, 0.3) is 10.9 Å². The first-order valence-electron chi connectivity index (χ1n) is 6.04. The molecule has 0 unspecified atom stereocenters. The van der Waals surface area contributed by atoms with Crippen LogP contribution in [0.1, 0.15) is 11.3 Å². The summed E-state index contributed by atoms with van der Waals surface area (Å²) in [5, 5.41) is 1.54. The molecule has 0 atom stereocenters. The average Bonchev–Trinajstić information content (AvgIpc) is 2.37. The van der Waals surface area contributed by atoms with Gasteiger partial charge in [0.15, 0.2) is 0 Å². The standard InChI is InChI=1S/C14H18ClN3O/c1-8-9(7-16)14(18(2)3)12-10(15)5-6-11(19-4)13(12)17-8/h5-6H,7,16H2,1-4H3. The Morgan fingerprint density at radius 2 is 2.05 bits per heavy atom. The maximum Gasteiger partial charge on any atom is 0.145 e. The lowest BCUT2D eigenvalue weighted by molar-refractivity contribution is 0.419. The number of halogens is 1. The molecule has 2 N–H and O–H groups in total. The zero-order chi connectivity index (χ0) is 14.2. The number of aromatic nitrogens is 1. The third kappa shape index (κ3) is 2.22. The highest BCUT2D eigenvalue weighted by atomic mass is 35.5. The Kier molecular flexibility index (Phi) is 3.83. The summed E-state index contributed by atoms with van der Waals surface area (Å²) < 4.78 is 5.37. The molecule has 2 rings (SSSR count). The van der Waals surface area contributed by atoms with Crippen LogP contribution in [0, 0.1) is 6.92 Å². The van der Waals surface area contributed by atoms with Crippen molar-refractivity contribution >= 4 is 28.2 Å². The van der Waals surface area contributed by atoms with Gasteiger partial charge in [0.05, 0.1) is 17.8 Å². The van der Waals surface area contributed by atoms with Crippen LogP contribution in [0.15, 0.2) is 12.1 Å². The van der Waals surface area contributed by atoms with Crippen LogP contribution in [-0.2, 0) is 6.54 Å². The van der Waals surface area contributed by atoms with E-state index in [0.717, 1.165) is 27.8 Å². The Bertz CT molecular complexity index is 626. The van der Waals surface area contributed by atoms with E-state index in [9.17, 15) is 0 Å². The van der Waals surface area contributed by atoms with Gasteiger partial charge < -0.3 is 15.4 Å². The normalized spacial score (nSPS) is 10.8. The van der Waals surface area contributed by atoms with Crippen LogP contribution in [0.3, 0.4) is 0 Å². The molecule has 1 aromatic carbocycles. The van der Waals surface area contributed by atoms with Gasteiger partial charge in [0.1, 0.15) is 11.3 Å². The van der Waals surface area contributed by atoms with Crippen molar-refractivity contribution in [2.24, 2.45) is 5.73 Å². The highest BCUT2D eigenvalue weighted by Crippen LogP contribution is 2.39. The summed E-state index contributed by atoms with van der Waals surface area (Å²) in [6.45, 7) is 2.38. The third-order valence-electron chi connectivity index (χ3n) is 3.20. The summed E-state index contributed by atoms with van der Waals surface area (Å²) in [5.41, 5.74) is 9.55. The maximum absolute atomic E-state index is 6.35. The first-order chi connectivity index (χ1) is 9.01. The van der Waals surface area contributed by atoms with Crippen molar-refractivity contribution in [3.63, 3.8) is 0 Å². The molecule has 2 aromatic rings. The Morgan fingerprint density at radius 1 is 1.37 bits per heavy atom. The molecular formula is C14H18ClN3O. The van der Waals surface area contributed by atoms with Crippen LogP contribution in [0.4, 0.5) is 5.69 Å². The molecule has 0 bridgehead atoms. The Balaban J connectivity index is 2.99. The number of anilines is 1. The molecule has 1 heterocycles. The number of nitrogens with two attached hydrogens (primary N) is 1. The number of aryl methyl sites for hydroxylation is 1. The van der Waals surface area contributed by atoms with Crippen LogP contribution in [-0.4, -0.2) is 26.2 Å². The van der Waals surface area contributed by atoms with Crippen LogP contribution in [0.5, 0.6) is 5.75 Å². The predicted molar refractivity (Wildman–Crippen MR) is 80.3 cm³/mol. The van der Waals surface area contributed by atoms with Crippen molar-refractivity contribution < 1.29 is 4.74 Å². The second kappa shape index (κ2) is 5.23. The maximum atomic E-state index is 6.35. The molecule has 5 heteroatoms. The van der Waals surface area contributed by atoms with Crippen molar-refractivity contribution in [2.75, 3.05) is 26.1 Å². The van der Waals surface area contributed by atoms with E-state index >= 15 is 0 Å². The van der Waals surface area contributed by atoms with E-state index in [0.29, 0.717) is 17.3 Å². The van der Waals surface area contributed by atoms with Crippen molar-refractivity contribution in [3.8, 4) is 5.75 Å². The molecule has 0 amide bonds. The molecule has 0 aliphatic rings. The number of hydrogen-bond acceptors (Lipinski definition) is 4. The lowest BCUT2D eigenvalue weighted by Gasteiger charge is -2.22. The van der Waals surface area contributed by atoms with E-state index in [1.54, 1.807) is 7.11 Å². The molecule has 0 saturated heterocycles. The Labute approximate surface area is 118 Å². The molecule has 0 aliphatic heterocycles. The first-order valence-corrected chi connectivity index (χ1v) is 6.42. The number of fused-ring (bicyclic) bond motifs is 1. The van der Waals surface area contributed by atoms with E-state index in [1.807, 2.05) is 38.1 Å². The highest BCUT2D eigenvalue weighted by molar-refractivity contribution is 6.36. The molecule has 0 aliphatic carbocycles. The van der Waals surface area contributed by atoms with Crippen LogP contribution in [0.2, 0.25) is 5.02 Å². The zero-order valence-electron chi connectivity index (χ0n) is 11.6. The highest BCUT2D eigenvalue weighted by Gasteiger charge is 2.18. The summed E-state index contributed by atoms with van der Waals surface area (Å²) in [6, 6.07) is 3.66. The smallest absolute Gasteiger partial charge is 0.145 e. The van der Waals surface area contributed by atoms with Crippen molar-refractivity contribution in [2.45, 2.75) is 13.5 Å². The van der Waals surface area contributed by atoms with E-state index in [-0.39, 0.29) is 0 Å². The molecule has 1 aromatic heterocycles. The molecule has 0 spiro atoms. The second-order valence-corrected chi connectivity index (χ2v) is 5.00. The van der Waals surface area contributed by atoms with Gasteiger partial charge in [0.2, 0.25) is 0 Å². The fourth-order valence-electron chi connectivity index (χ4n) is 2.34. The van der Waals surface area contributed by atoms with Gasteiger partial charge in [-0.1, -0.05) is 11.6 Å². The molecule has 0 saturated carbocycles. The number of pyridine rings is 1. The summed E-state index contributed by atoms with van der Waals surface area (Å²) in [5.74, 6) is 0.717. The van der Waals surface area contributed by atoms with Gasteiger partial charge in [-0.15, -0.1) is 0 Å². The summed E-state index contributed by atoms with van der Waals surface area (Å²) in [6.07, 6.45) is 0. The van der Waals surface area contributed by atoms with E-state index in [1.165, 1.54) is 0 Å². The van der Waals surface area contributed by atoms with Crippen LogP contribution < -0.4 is 15.4 Å². The number of hydrogen-bond donors (Lipinski definition) is 1. The largest absolute Gasteiger partial charge is 0.494 e. The Morgan fingerprint density at radius 3 is 2.58 bits per heavy atom. The van der Waals surface area contributed by atoms with Crippen molar-refractivity contribution in [1.82, 2.24) is 4.98 Å². The molecule has 19 heavy (non-hydrogen) atoms. The quantitative estimate of drug-likeness (QED) is 0.939. The van der Waals surface area contributed by atoms with Gasteiger partial charge in [-0.05, 0) is 19.1 Å². The predicted octanol–water partition coefficient (Wildman–Crippen LogP) is 2.73. The van der Waals surface area contributed by atoms with Gasteiger partial charge in [-0.25, -0.2) is 4.98 Å². The summed E-state index contributed by atoms with van der Waals surface area (Å²) in [7, 11) is 5.58. The molecular weight excluding hydrogens is 262 g/mol. The van der Waals surface area contributed by atoms with Crippen molar-refractivity contribution in [3.05, 3.63) is 28.4 Å². The number of nitrogens with zero attached hydrogens (tertiary/aromatic N) is 2. The fraction of sp³-hybridized carbons (Fsp3) is 0.357. The second-order valence-electron chi connectivity index (χ2n) is 4.60. The molecule has 4 nitrogen and oxygen atoms in total. The zero-order valence-corrected chi connectivity index (χ0v) is 12.4. The van der Waals surface area contributed by atoms with Crippen LogP contribution >= 0.6 is 11.6 Å². The lowest BCUT2D eigenvalue weighted by Crippen LogP contribution is -2.16. The van der Waals surface area contributed by atoms with Gasteiger partial charge in [0, 0.05) is 37.3 Å². The molecule has 0 radical (unpaired) electrons. The van der Waals surface area contributed by atoms with Gasteiger partial charge in [0.25, 0.3) is 0 Å². The number of benzene rings is 1. The van der Waals surface area contributed by atoms with E-state index in [4.69, 9.17) is 22.1 Å². The number of rotatable bonds is 3. The number of ether oxygens (including phenoxy) is 1. The van der Waals surface area contributed by atoms with Gasteiger partial charge in [-0.3, -0.25) is 0 Å². The minimum absolute atomic E-state index is 0.426. The first kappa shape index (κ1) is 13.9. The van der Waals surface area contributed by atoms with Crippen molar-refractivity contribution in [1.29, 1.82) is 0 Å². The number of methoxy groups -OCH3 is 1. The summed E-state index contributed by atoms with van der Waals surface area (Å²) in [4.78, 5) is 6.62. The molecule has 102 valence electrons. The fourth-order valence-corrected chi connectivity index (χ4v) is 2.59. The monoisotopic (exact) mass is 279 g/mol. The average molecular weight is 280 g/mol. The minimum atomic E-state index is 0.426.